The summed E-state index contributed by atoms with van der Waals surface area (Å²) in [5.74, 6) is 0.0659. The van der Waals surface area contributed by atoms with E-state index in [0.29, 0.717) is 11.3 Å². The number of aryl methyl sites for hydroxylation is 1. The van der Waals surface area contributed by atoms with E-state index in [4.69, 9.17) is 9.47 Å². The quantitative estimate of drug-likeness (QED) is 0.567. The third-order valence-electron chi connectivity index (χ3n) is 3.90. The number of hydrogen-bond donors (Lipinski definition) is 3. The van der Waals surface area contributed by atoms with Crippen molar-refractivity contribution in [1.29, 1.82) is 0 Å². The summed E-state index contributed by atoms with van der Waals surface area (Å²) in [5, 5.41) is 20.7. The molecule has 3 N–H and O–H groups in total. The number of amides is 1. The number of phenolic OH excluding ortho intramolecular Hbond substituents is 1. The van der Waals surface area contributed by atoms with Crippen molar-refractivity contribution in [1.82, 2.24) is 15.6 Å². The van der Waals surface area contributed by atoms with E-state index in [-0.39, 0.29) is 23.2 Å². The van der Waals surface area contributed by atoms with Gasteiger partial charge in [-0.15, -0.1) is 0 Å². The van der Waals surface area contributed by atoms with Gasteiger partial charge in [0.1, 0.15) is 0 Å². The van der Waals surface area contributed by atoms with Gasteiger partial charge in [-0.3, -0.25) is 9.89 Å². The normalized spacial score (nSPS) is 13.1. The maximum absolute atomic E-state index is 12.2. The van der Waals surface area contributed by atoms with Crippen molar-refractivity contribution in [2.24, 2.45) is 5.10 Å². The van der Waals surface area contributed by atoms with Crippen LogP contribution in [0.5, 0.6) is 17.2 Å². The van der Waals surface area contributed by atoms with E-state index in [0.717, 1.165) is 30.5 Å². The molecule has 126 valence electrons. The minimum Gasteiger partial charge on any atom is -0.502 e. The molecule has 1 aliphatic rings. The second-order valence-corrected chi connectivity index (χ2v) is 5.36. The van der Waals surface area contributed by atoms with Gasteiger partial charge < -0.3 is 14.6 Å². The number of nitrogens with zero attached hydrogens (tertiary/aromatic N) is 2. The van der Waals surface area contributed by atoms with Crippen molar-refractivity contribution < 1.29 is 19.4 Å². The van der Waals surface area contributed by atoms with Crippen molar-refractivity contribution in [3.05, 3.63) is 34.6 Å². The lowest BCUT2D eigenvalue weighted by Crippen LogP contribution is -2.19. The average molecular weight is 330 g/mol. The Hall–Kier alpha value is -3.03. The Balaban J connectivity index is 1.73. The van der Waals surface area contributed by atoms with Crippen LogP contribution in [0.25, 0.3) is 0 Å². The predicted octanol–water partition coefficient (Wildman–Crippen LogP) is 1.39. The van der Waals surface area contributed by atoms with Crippen LogP contribution in [0, 0.1) is 0 Å². The number of carbonyl (C=O) groups is 1. The molecule has 3 rings (SSSR count). The number of hydrogen-bond acceptors (Lipinski definition) is 6. The molecule has 0 atom stereocenters. The summed E-state index contributed by atoms with van der Waals surface area (Å²) in [7, 11) is 2.88. The first-order chi connectivity index (χ1) is 11.6. The van der Waals surface area contributed by atoms with Gasteiger partial charge in [0.15, 0.2) is 17.2 Å². The minimum atomic E-state index is -0.358. The number of aromatic nitrogens is 2. The summed E-state index contributed by atoms with van der Waals surface area (Å²) < 4.78 is 10.1. The highest BCUT2D eigenvalue weighted by Crippen LogP contribution is 2.36. The Labute approximate surface area is 138 Å². The number of hydrazone groups is 1. The fourth-order valence-electron chi connectivity index (χ4n) is 2.71. The molecule has 0 radical (unpaired) electrons. The molecule has 0 aliphatic heterocycles. The van der Waals surface area contributed by atoms with Gasteiger partial charge in [0.2, 0.25) is 5.75 Å². The van der Waals surface area contributed by atoms with Crippen molar-refractivity contribution >= 4 is 12.1 Å². The van der Waals surface area contributed by atoms with E-state index in [1.165, 1.54) is 20.4 Å². The van der Waals surface area contributed by atoms with Gasteiger partial charge in [0.25, 0.3) is 5.91 Å². The number of phenols is 1. The van der Waals surface area contributed by atoms with Crippen molar-refractivity contribution in [3.8, 4) is 17.2 Å². The number of fused-ring (bicyclic) bond motifs is 1. The van der Waals surface area contributed by atoms with E-state index >= 15 is 0 Å². The molecule has 0 spiro atoms. The van der Waals surface area contributed by atoms with Gasteiger partial charge in [-0.05, 0) is 31.4 Å². The average Bonchev–Trinajstić information content (AvgIpc) is 3.19. The molecular weight excluding hydrogens is 312 g/mol. The fraction of sp³-hybridized carbons (Fsp3) is 0.312. The van der Waals surface area contributed by atoms with Crippen LogP contribution in [-0.2, 0) is 12.8 Å². The molecule has 2 aromatic rings. The molecule has 8 heteroatoms. The molecule has 1 amide bonds. The summed E-state index contributed by atoms with van der Waals surface area (Å²) in [6, 6.07) is 3.17. The highest BCUT2D eigenvalue weighted by molar-refractivity contribution is 5.95. The zero-order chi connectivity index (χ0) is 17.1. The Kier molecular flexibility index (Phi) is 4.37. The van der Waals surface area contributed by atoms with E-state index < -0.39 is 0 Å². The van der Waals surface area contributed by atoms with E-state index in [2.05, 4.69) is 20.7 Å². The SMILES string of the molecule is COc1cc(C=NNC(=O)c2n[nH]c3c2CCC3)cc(OC)c1O. The van der Waals surface area contributed by atoms with E-state index in [1.807, 2.05) is 0 Å². The van der Waals surface area contributed by atoms with Crippen LogP contribution >= 0.6 is 0 Å². The highest BCUT2D eigenvalue weighted by atomic mass is 16.5. The van der Waals surface area contributed by atoms with Crippen molar-refractivity contribution in [3.63, 3.8) is 0 Å². The molecule has 1 aromatic carbocycles. The molecule has 0 saturated heterocycles. The summed E-state index contributed by atoms with van der Waals surface area (Å²) in [5.41, 5.74) is 5.45. The maximum atomic E-state index is 12.2. The zero-order valence-corrected chi connectivity index (χ0v) is 13.4. The van der Waals surface area contributed by atoms with Gasteiger partial charge in [-0.25, -0.2) is 5.43 Å². The number of rotatable bonds is 5. The first-order valence-electron chi connectivity index (χ1n) is 7.48. The number of benzene rings is 1. The first kappa shape index (κ1) is 15.9. The molecule has 1 heterocycles. The molecule has 8 nitrogen and oxygen atoms in total. The lowest BCUT2D eigenvalue weighted by atomic mass is 10.2. The number of ether oxygens (including phenoxy) is 2. The summed E-state index contributed by atoms with van der Waals surface area (Å²) in [6.07, 6.45) is 4.24. The first-order valence-corrected chi connectivity index (χ1v) is 7.48. The van der Waals surface area contributed by atoms with Crippen LogP contribution in [0.2, 0.25) is 0 Å². The molecule has 0 saturated carbocycles. The maximum Gasteiger partial charge on any atom is 0.292 e. The van der Waals surface area contributed by atoms with Gasteiger partial charge in [0, 0.05) is 16.8 Å². The molecule has 1 aromatic heterocycles. The van der Waals surface area contributed by atoms with Crippen LogP contribution in [0.15, 0.2) is 17.2 Å². The molecule has 0 unspecified atom stereocenters. The van der Waals surface area contributed by atoms with E-state index in [9.17, 15) is 9.90 Å². The van der Waals surface area contributed by atoms with Gasteiger partial charge >= 0.3 is 0 Å². The number of aromatic hydroxyl groups is 1. The monoisotopic (exact) mass is 330 g/mol. The Morgan fingerprint density at radius 2 is 2.04 bits per heavy atom. The van der Waals surface area contributed by atoms with Crippen LogP contribution in [0.1, 0.15) is 33.7 Å². The number of carbonyl (C=O) groups excluding carboxylic acids is 1. The van der Waals surface area contributed by atoms with Crippen LogP contribution < -0.4 is 14.9 Å². The summed E-state index contributed by atoms with van der Waals surface area (Å²) in [4.78, 5) is 12.2. The third kappa shape index (κ3) is 2.90. The number of nitrogens with one attached hydrogen (secondary N) is 2. The standard InChI is InChI=1S/C16H18N4O4/c1-23-12-6-9(7-13(24-2)15(12)21)8-17-20-16(22)14-10-4-3-5-11(10)18-19-14/h6-8,21H,3-5H2,1-2H3,(H,18,19)(H,20,22). The molecule has 0 fully saturated rings. The number of aromatic amines is 1. The second-order valence-electron chi connectivity index (χ2n) is 5.36. The summed E-state index contributed by atoms with van der Waals surface area (Å²) in [6.45, 7) is 0. The summed E-state index contributed by atoms with van der Waals surface area (Å²) >= 11 is 0. The molecule has 24 heavy (non-hydrogen) atoms. The second kappa shape index (κ2) is 6.61. The third-order valence-corrected chi connectivity index (χ3v) is 3.90. The lowest BCUT2D eigenvalue weighted by molar-refractivity contribution is 0.0949. The van der Waals surface area contributed by atoms with Crippen LogP contribution in [-0.4, -0.2) is 41.6 Å². The predicted molar refractivity (Wildman–Crippen MR) is 86.9 cm³/mol. The van der Waals surface area contributed by atoms with E-state index in [1.54, 1.807) is 12.1 Å². The lowest BCUT2D eigenvalue weighted by Gasteiger charge is -2.09. The fourth-order valence-corrected chi connectivity index (χ4v) is 2.71. The Morgan fingerprint density at radius 3 is 2.71 bits per heavy atom. The van der Waals surface area contributed by atoms with Crippen LogP contribution in [0.3, 0.4) is 0 Å². The molecular formula is C16H18N4O4. The van der Waals surface area contributed by atoms with Crippen molar-refractivity contribution in [2.75, 3.05) is 14.2 Å². The van der Waals surface area contributed by atoms with Gasteiger partial charge in [-0.1, -0.05) is 0 Å². The van der Waals surface area contributed by atoms with Crippen molar-refractivity contribution in [2.45, 2.75) is 19.3 Å². The topological polar surface area (TPSA) is 109 Å². The molecule has 0 bridgehead atoms. The smallest absolute Gasteiger partial charge is 0.292 e. The van der Waals surface area contributed by atoms with Gasteiger partial charge in [0.05, 0.1) is 20.4 Å². The zero-order valence-electron chi connectivity index (χ0n) is 13.4. The Bertz CT molecular complexity index is 772. The van der Waals surface area contributed by atoms with Gasteiger partial charge in [-0.2, -0.15) is 10.2 Å². The van der Waals surface area contributed by atoms with Crippen LogP contribution in [0.4, 0.5) is 0 Å². The largest absolute Gasteiger partial charge is 0.502 e. The Morgan fingerprint density at radius 1 is 1.33 bits per heavy atom. The minimum absolute atomic E-state index is 0.0896. The number of H-pyrrole nitrogens is 1. The molecule has 1 aliphatic carbocycles. The highest BCUT2D eigenvalue weighted by Gasteiger charge is 2.22. The number of methoxy groups -OCH3 is 2.